The Morgan fingerprint density at radius 3 is 2.83 bits per heavy atom. The summed E-state index contributed by atoms with van der Waals surface area (Å²) in [6, 6.07) is 3.66. The van der Waals surface area contributed by atoms with Gasteiger partial charge in [-0.05, 0) is 48.8 Å². The number of nitrogens with two attached hydrogens (primary N) is 1. The number of hydrogen-bond donors (Lipinski definition) is 2. The standard InChI is InChI=1S/C17H28N4OS/c1-13-5-8-21(9-6-13)16-4-3-14(11-19-16)12-20-17(22)15(18)7-10-23-2/h3-4,11,13,15H,5-10,12,18H2,1-2H3,(H,20,22)/t15-/m0/s1. The van der Waals surface area contributed by atoms with Crippen LogP contribution in [0.2, 0.25) is 0 Å². The molecule has 1 atom stereocenters. The molecule has 0 aliphatic carbocycles. The number of carbonyl (C=O) groups excluding carboxylic acids is 1. The van der Waals surface area contributed by atoms with Gasteiger partial charge in [0.15, 0.2) is 0 Å². The Hall–Kier alpha value is -1.27. The third-order valence-electron chi connectivity index (χ3n) is 4.35. The molecule has 6 heteroatoms. The third-order valence-corrected chi connectivity index (χ3v) is 5.00. The lowest BCUT2D eigenvalue weighted by molar-refractivity contribution is -0.122. The summed E-state index contributed by atoms with van der Waals surface area (Å²) in [5.74, 6) is 2.66. The van der Waals surface area contributed by atoms with E-state index in [-0.39, 0.29) is 5.91 Å². The van der Waals surface area contributed by atoms with E-state index in [9.17, 15) is 4.79 Å². The number of nitrogens with zero attached hydrogens (tertiary/aromatic N) is 2. The summed E-state index contributed by atoms with van der Waals surface area (Å²) >= 11 is 1.70. The first kappa shape index (κ1) is 18.1. The summed E-state index contributed by atoms with van der Waals surface area (Å²) in [4.78, 5) is 18.8. The van der Waals surface area contributed by atoms with Crippen LogP contribution in [0.3, 0.4) is 0 Å². The van der Waals surface area contributed by atoms with E-state index in [4.69, 9.17) is 5.73 Å². The molecule has 0 bridgehead atoms. The summed E-state index contributed by atoms with van der Waals surface area (Å²) < 4.78 is 0. The quantitative estimate of drug-likeness (QED) is 0.797. The molecule has 1 aromatic rings. The SMILES string of the molecule is CSCC[C@H](N)C(=O)NCc1ccc(N2CCC(C)CC2)nc1. The second kappa shape index (κ2) is 9.13. The predicted octanol–water partition coefficient (Wildman–Crippen LogP) is 2.01. The van der Waals surface area contributed by atoms with Crippen LogP contribution in [0.4, 0.5) is 5.82 Å². The summed E-state index contributed by atoms with van der Waals surface area (Å²) in [5, 5.41) is 2.89. The van der Waals surface area contributed by atoms with Gasteiger partial charge >= 0.3 is 0 Å². The Bertz CT molecular complexity index is 486. The lowest BCUT2D eigenvalue weighted by Gasteiger charge is -2.31. The molecule has 0 aromatic carbocycles. The fourth-order valence-electron chi connectivity index (χ4n) is 2.64. The molecule has 1 fully saturated rings. The monoisotopic (exact) mass is 336 g/mol. The van der Waals surface area contributed by atoms with Gasteiger partial charge in [-0.15, -0.1) is 0 Å². The van der Waals surface area contributed by atoms with Crippen molar-refractivity contribution in [2.75, 3.05) is 30.0 Å². The van der Waals surface area contributed by atoms with E-state index in [0.717, 1.165) is 36.1 Å². The van der Waals surface area contributed by atoms with Crippen LogP contribution >= 0.6 is 11.8 Å². The van der Waals surface area contributed by atoms with Crippen molar-refractivity contribution in [3.8, 4) is 0 Å². The van der Waals surface area contributed by atoms with Gasteiger partial charge in [0.1, 0.15) is 5.82 Å². The van der Waals surface area contributed by atoms with Crippen molar-refractivity contribution in [3.05, 3.63) is 23.9 Å². The highest BCUT2D eigenvalue weighted by Crippen LogP contribution is 2.21. The number of aromatic nitrogens is 1. The molecule has 0 unspecified atom stereocenters. The van der Waals surface area contributed by atoms with Gasteiger partial charge in [0, 0.05) is 25.8 Å². The lowest BCUT2D eigenvalue weighted by atomic mass is 9.99. The zero-order valence-electron chi connectivity index (χ0n) is 14.1. The van der Waals surface area contributed by atoms with E-state index >= 15 is 0 Å². The van der Waals surface area contributed by atoms with Gasteiger partial charge in [-0.2, -0.15) is 11.8 Å². The lowest BCUT2D eigenvalue weighted by Crippen LogP contribution is -2.40. The van der Waals surface area contributed by atoms with Crippen LogP contribution in [0.5, 0.6) is 0 Å². The first-order chi connectivity index (χ1) is 11.1. The summed E-state index contributed by atoms with van der Waals surface area (Å²) in [6.07, 6.45) is 7.03. The number of pyridine rings is 1. The van der Waals surface area contributed by atoms with Crippen molar-refractivity contribution in [2.24, 2.45) is 11.7 Å². The van der Waals surface area contributed by atoms with Gasteiger partial charge < -0.3 is 16.0 Å². The molecule has 128 valence electrons. The summed E-state index contributed by atoms with van der Waals surface area (Å²) in [5.41, 5.74) is 6.86. The Kier molecular flexibility index (Phi) is 7.17. The maximum absolute atomic E-state index is 11.9. The number of carbonyl (C=O) groups is 1. The molecule has 2 rings (SSSR count). The van der Waals surface area contributed by atoms with Crippen LogP contribution in [0, 0.1) is 5.92 Å². The second-order valence-electron chi connectivity index (χ2n) is 6.30. The highest BCUT2D eigenvalue weighted by Gasteiger charge is 2.17. The molecule has 1 aliphatic heterocycles. The first-order valence-electron chi connectivity index (χ1n) is 8.32. The fraction of sp³-hybridized carbons (Fsp3) is 0.647. The molecule has 23 heavy (non-hydrogen) atoms. The molecular weight excluding hydrogens is 308 g/mol. The first-order valence-corrected chi connectivity index (χ1v) is 9.71. The number of amides is 1. The smallest absolute Gasteiger partial charge is 0.237 e. The summed E-state index contributed by atoms with van der Waals surface area (Å²) in [7, 11) is 0. The second-order valence-corrected chi connectivity index (χ2v) is 7.29. The summed E-state index contributed by atoms with van der Waals surface area (Å²) in [6.45, 7) is 4.94. The zero-order chi connectivity index (χ0) is 16.7. The normalized spacial score (nSPS) is 17.1. The third kappa shape index (κ3) is 5.70. The van der Waals surface area contributed by atoms with Crippen LogP contribution in [0.15, 0.2) is 18.3 Å². The van der Waals surface area contributed by atoms with E-state index in [1.54, 1.807) is 11.8 Å². The van der Waals surface area contributed by atoms with E-state index in [0.29, 0.717) is 13.0 Å². The van der Waals surface area contributed by atoms with Gasteiger partial charge in [-0.25, -0.2) is 4.98 Å². The van der Waals surface area contributed by atoms with Crippen molar-refractivity contribution in [2.45, 2.75) is 38.8 Å². The molecule has 0 saturated carbocycles. The van der Waals surface area contributed by atoms with E-state index in [1.165, 1.54) is 12.8 Å². The van der Waals surface area contributed by atoms with E-state index < -0.39 is 6.04 Å². The number of thioether (sulfide) groups is 1. The molecule has 1 aliphatic rings. The zero-order valence-corrected chi connectivity index (χ0v) is 14.9. The minimum atomic E-state index is -0.426. The van der Waals surface area contributed by atoms with Gasteiger partial charge in [0.25, 0.3) is 0 Å². The van der Waals surface area contributed by atoms with Gasteiger partial charge in [-0.1, -0.05) is 13.0 Å². The molecule has 1 saturated heterocycles. The molecular formula is C17H28N4OS. The van der Waals surface area contributed by atoms with Crippen LogP contribution in [0.1, 0.15) is 31.7 Å². The average molecular weight is 337 g/mol. The number of anilines is 1. The highest BCUT2D eigenvalue weighted by molar-refractivity contribution is 7.98. The Labute approximate surface area is 143 Å². The average Bonchev–Trinajstić information content (AvgIpc) is 2.58. The maximum Gasteiger partial charge on any atom is 0.237 e. The highest BCUT2D eigenvalue weighted by atomic mass is 32.2. The molecule has 1 aromatic heterocycles. The minimum absolute atomic E-state index is 0.0897. The predicted molar refractivity (Wildman–Crippen MR) is 97.7 cm³/mol. The topological polar surface area (TPSA) is 71.2 Å². The Balaban J connectivity index is 1.79. The molecule has 5 nitrogen and oxygen atoms in total. The van der Waals surface area contributed by atoms with Crippen molar-refractivity contribution >= 4 is 23.5 Å². The number of piperidine rings is 1. The van der Waals surface area contributed by atoms with Crippen LogP contribution in [-0.2, 0) is 11.3 Å². The molecule has 3 N–H and O–H groups in total. The molecule has 0 radical (unpaired) electrons. The van der Waals surface area contributed by atoms with Gasteiger partial charge in [0.2, 0.25) is 5.91 Å². The molecule has 0 spiro atoms. The Morgan fingerprint density at radius 1 is 1.48 bits per heavy atom. The van der Waals surface area contributed by atoms with Crippen molar-refractivity contribution < 1.29 is 4.79 Å². The van der Waals surface area contributed by atoms with Crippen molar-refractivity contribution in [1.29, 1.82) is 0 Å². The van der Waals surface area contributed by atoms with E-state index in [1.807, 2.05) is 24.6 Å². The van der Waals surface area contributed by atoms with Gasteiger partial charge in [-0.3, -0.25) is 4.79 Å². The van der Waals surface area contributed by atoms with Crippen molar-refractivity contribution in [1.82, 2.24) is 10.3 Å². The maximum atomic E-state index is 11.9. The number of hydrogen-bond acceptors (Lipinski definition) is 5. The number of rotatable bonds is 7. The Morgan fingerprint density at radius 2 is 2.22 bits per heavy atom. The van der Waals surface area contributed by atoms with Crippen LogP contribution in [0.25, 0.3) is 0 Å². The van der Waals surface area contributed by atoms with E-state index in [2.05, 4.69) is 22.1 Å². The molecule has 1 amide bonds. The fourth-order valence-corrected chi connectivity index (χ4v) is 3.13. The molecule has 2 heterocycles. The van der Waals surface area contributed by atoms with Crippen molar-refractivity contribution in [3.63, 3.8) is 0 Å². The van der Waals surface area contributed by atoms with Crippen LogP contribution < -0.4 is 16.0 Å². The van der Waals surface area contributed by atoms with Gasteiger partial charge in [0.05, 0.1) is 6.04 Å². The largest absolute Gasteiger partial charge is 0.357 e. The van der Waals surface area contributed by atoms with Crippen LogP contribution in [-0.4, -0.2) is 42.0 Å². The number of nitrogens with one attached hydrogen (secondary N) is 1. The minimum Gasteiger partial charge on any atom is -0.357 e.